The first-order chi connectivity index (χ1) is 8.46. The molecule has 0 aliphatic heterocycles. The highest BCUT2D eigenvalue weighted by Crippen LogP contribution is 2.15. The largest absolute Gasteiger partial charge is 0.394 e. The second kappa shape index (κ2) is 4.50. The summed E-state index contributed by atoms with van der Waals surface area (Å²) in [6.07, 6.45) is 10.9. The predicted molar refractivity (Wildman–Crippen MR) is 73.4 cm³/mol. The Morgan fingerprint density at radius 2 is 2.06 bits per heavy atom. The first-order valence-electron chi connectivity index (χ1n) is 5.49. The van der Waals surface area contributed by atoms with Crippen molar-refractivity contribution in [1.82, 2.24) is 9.97 Å². The topological polar surface area (TPSA) is 116 Å². The minimum Gasteiger partial charge on any atom is -0.394 e. The van der Waals surface area contributed by atoms with Crippen molar-refractivity contribution in [3.8, 4) is 0 Å². The fourth-order valence-electron chi connectivity index (χ4n) is 1.42. The lowest BCUT2D eigenvalue weighted by atomic mass is 10.0. The van der Waals surface area contributed by atoms with Crippen LogP contribution in [0, 0.1) is 0 Å². The van der Waals surface area contributed by atoms with Crippen LogP contribution >= 0.6 is 0 Å². The molecule has 7 N–H and O–H groups in total. The van der Waals surface area contributed by atoms with Crippen molar-refractivity contribution in [1.29, 1.82) is 0 Å². The Bertz CT molecular complexity index is 541. The standard InChI is InChI=1S/C12H16N6/c1-12(15)5-2-3-8(4-6-12)17-11-16-7-9(13)10(14)18-11/h2-7H,13,15H2,1H3,(H3,14,16,17,18). The quantitative estimate of drug-likeness (QED) is 0.611. The van der Waals surface area contributed by atoms with E-state index >= 15 is 0 Å². The van der Waals surface area contributed by atoms with Gasteiger partial charge in [0.1, 0.15) is 0 Å². The summed E-state index contributed by atoms with van der Waals surface area (Å²) in [7, 11) is 0. The van der Waals surface area contributed by atoms with Gasteiger partial charge in [0.25, 0.3) is 0 Å². The van der Waals surface area contributed by atoms with Gasteiger partial charge in [0, 0.05) is 5.70 Å². The van der Waals surface area contributed by atoms with Crippen LogP contribution in [0.2, 0.25) is 0 Å². The van der Waals surface area contributed by atoms with Gasteiger partial charge in [0.15, 0.2) is 5.82 Å². The number of nitrogens with zero attached hydrogens (tertiary/aromatic N) is 2. The van der Waals surface area contributed by atoms with Crippen molar-refractivity contribution in [2.45, 2.75) is 12.5 Å². The van der Waals surface area contributed by atoms with Crippen molar-refractivity contribution in [3.05, 3.63) is 42.3 Å². The van der Waals surface area contributed by atoms with Crippen LogP contribution in [0.1, 0.15) is 6.92 Å². The Hall–Kier alpha value is -2.34. The van der Waals surface area contributed by atoms with Crippen LogP contribution in [-0.2, 0) is 0 Å². The highest BCUT2D eigenvalue weighted by molar-refractivity contribution is 5.59. The Morgan fingerprint density at radius 1 is 1.28 bits per heavy atom. The number of nitrogens with one attached hydrogen (secondary N) is 1. The van der Waals surface area contributed by atoms with Crippen LogP contribution in [0.3, 0.4) is 0 Å². The molecular weight excluding hydrogens is 228 g/mol. The zero-order valence-electron chi connectivity index (χ0n) is 10.1. The molecule has 1 aliphatic rings. The van der Waals surface area contributed by atoms with Gasteiger partial charge in [0.05, 0.1) is 17.4 Å². The van der Waals surface area contributed by atoms with Gasteiger partial charge in [-0.05, 0) is 19.1 Å². The van der Waals surface area contributed by atoms with E-state index in [1.807, 2.05) is 37.3 Å². The van der Waals surface area contributed by atoms with E-state index in [1.54, 1.807) is 0 Å². The fraction of sp³-hybridized carbons (Fsp3) is 0.167. The lowest BCUT2D eigenvalue weighted by Gasteiger charge is -2.13. The summed E-state index contributed by atoms with van der Waals surface area (Å²) in [5.74, 6) is 0.650. The van der Waals surface area contributed by atoms with E-state index < -0.39 is 5.54 Å². The molecule has 6 nitrogen and oxygen atoms in total. The molecule has 1 unspecified atom stereocenters. The van der Waals surface area contributed by atoms with Crippen LogP contribution in [-0.4, -0.2) is 15.5 Å². The Morgan fingerprint density at radius 3 is 2.78 bits per heavy atom. The van der Waals surface area contributed by atoms with Crippen LogP contribution in [0.5, 0.6) is 0 Å². The van der Waals surface area contributed by atoms with Gasteiger partial charge in [-0.25, -0.2) is 4.98 Å². The zero-order valence-corrected chi connectivity index (χ0v) is 10.1. The van der Waals surface area contributed by atoms with Gasteiger partial charge in [-0.1, -0.05) is 18.2 Å². The molecule has 2 rings (SSSR count). The number of hydrogen-bond donors (Lipinski definition) is 4. The molecule has 1 aromatic rings. The summed E-state index contributed by atoms with van der Waals surface area (Å²) in [6.45, 7) is 1.91. The molecule has 0 radical (unpaired) electrons. The molecule has 1 atom stereocenters. The van der Waals surface area contributed by atoms with E-state index in [2.05, 4.69) is 15.3 Å². The molecule has 0 bridgehead atoms. The van der Waals surface area contributed by atoms with Crippen LogP contribution < -0.4 is 22.5 Å². The lowest BCUT2D eigenvalue weighted by Crippen LogP contribution is -2.30. The van der Waals surface area contributed by atoms with E-state index in [9.17, 15) is 0 Å². The van der Waals surface area contributed by atoms with E-state index in [0.717, 1.165) is 5.70 Å². The molecule has 0 amide bonds. The van der Waals surface area contributed by atoms with Crippen molar-refractivity contribution in [2.24, 2.45) is 5.73 Å². The molecule has 0 saturated carbocycles. The lowest BCUT2D eigenvalue weighted by molar-refractivity contribution is 0.736. The average molecular weight is 244 g/mol. The summed E-state index contributed by atoms with van der Waals surface area (Å²) in [4.78, 5) is 8.08. The van der Waals surface area contributed by atoms with Crippen molar-refractivity contribution in [2.75, 3.05) is 16.8 Å². The highest BCUT2D eigenvalue weighted by Gasteiger charge is 2.11. The smallest absolute Gasteiger partial charge is 0.229 e. The van der Waals surface area contributed by atoms with Gasteiger partial charge in [-0.15, -0.1) is 0 Å². The summed E-state index contributed by atoms with van der Waals surface area (Å²) in [5.41, 5.74) is 17.9. The summed E-state index contributed by atoms with van der Waals surface area (Å²) < 4.78 is 0. The van der Waals surface area contributed by atoms with Crippen molar-refractivity contribution < 1.29 is 0 Å². The van der Waals surface area contributed by atoms with Crippen LogP contribution in [0.25, 0.3) is 0 Å². The molecule has 0 aromatic carbocycles. The summed E-state index contributed by atoms with van der Waals surface area (Å²) in [6, 6.07) is 0. The number of nitrogen functional groups attached to an aromatic ring is 2. The number of aromatic nitrogens is 2. The number of rotatable bonds is 2. The van der Waals surface area contributed by atoms with Crippen LogP contribution in [0.15, 0.2) is 42.3 Å². The number of allylic oxidation sites excluding steroid dienone is 3. The number of anilines is 3. The van der Waals surface area contributed by atoms with E-state index in [-0.39, 0.29) is 5.82 Å². The second-order valence-electron chi connectivity index (χ2n) is 4.34. The third kappa shape index (κ3) is 2.86. The zero-order chi connectivity index (χ0) is 13.2. The normalized spacial score (nSPS) is 22.4. The van der Waals surface area contributed by atoms with E-state index in [1.165, 1.54) is 6.20 Å². The predicted octanol–water partition coefficient (Wildman–Crippen LogP) is 0.780. The fourth-order valence-corrected chi connectivity index (χ4v) is 1.42. The van der Waals surface area contributed by atoms with E-state index in [0.29, 0.717) is 11.6 Å². The molecule has 18 heavy (non-hydrogen) atoms. The third-order valence-electron chi connectivity index (χ3n) is 2.46. The minimum atomic E-state index is -0.457. The molecule has 0 spiro atoms. The molecule has 6 heteroatoms. The SMILES string of the molecule is CC1(N)C=CC=C(Nc2ncc(N)c(N)n2)C=C1. The maximum atomic E-state index is 5.97. The third-order valence-corrected chi connectivity index (χ3v) is 2.46. The maximum Gasteiger partial charge on any atom is 0.229 e. The van der Waals surface area contributed by atoms with Gasteiger partial charge in [-0.2, -0.15) is 4.98 Å². The first kappa shape index (κ1) is 12.1. The summed E-state index contributed by atoms with van der Waals surface area (Å²) >= 11 is 0. The monoisotopic (exact) mass is 244 g/mol. The molecule has 1 aliphatic carbocycles. The van der Waals surface area contributed by atoms with Gasteiger partial charge < -0.3 is 22.5 Å². The molecule has 1 heterocycles. The van der Waals surface area contributed by atoms with E-state index in [4.69, 9.17) is 17.2 Å². The van der Waals surface area contributed by atoms with Crippen molar-refractivity contribution >= 4 is 17.5 Å². The number of hydrogen-bond acceptors (Lipinski definition) is 6. The Kier molecular flexibility index (Phi) is 3.03. The minimum absolute atomic E-state index is 0.255. The van der Waals surface area contributed by atoms with Gasteiger partial charge in [-0.3, -0.25) is 0 Å². The molecule has 94 valence electrons. The highest BCUT2D eigenvalue weighted by atomic mass is 15.1. The average Bonchev–Trinajstić information content (AvgIpc) is 2.46. The van der Waals surface area contributed by atoms with Gasteiger partial charge in [0.2, 0.25) is 5.95 Å². The Balaban J connectivity index is 2.17. The maximum absolute atomic E-state index is 5.97. The van der Waals surface area contributed by atoms with Crippen molar-refractivity contribution in [3.63, 3.8) is 0 Å². The first-order valence-corrected chi connectivity index (χ1v) is 5.49. The second-order valence-corrected chi connectivity index (χ2v) is 4.34. The molecule has 1 aromatic heterocycles. The molecule has 0 fully saturated rings. The number of nitrogens with two attached hydrogens (primary N) is 3. The van der Waals surface area contributed by atoms with Gasteiger partial charge >= 0.3 is 0 Å². The summed E-state index contributed by atoms with van der Waals surface area (Å²) in [5, 5.41) is 3.04. The van der Waals surface area contributed by atoms with Crippen LogP contribution in [0.4, 0.5) is 17.5 Å². The molecule has 0 saturated heterocycles. The molecular formula is C12H16N6. The Labute approximate surface area is 105 Å².